The van der Waals surface area contributed by atoms with Crippen molar-refractivity contribution >= 4 is 45.3 Å². The zero-order valence-electron chi connectivity index (χ0n) is 33.3. The second-order valence-electron chi connectivity index (χ2n) is 16.1. The van der Waals surface area contributed by atoms with Gasteiger partial charge in [0.15, 0.2) is 0 Å². The molecule has 0 amide bonds. The van der Waals surface area contributed by atoms with Crippen molar-refractivity contribution in [2.45, 2.75) is 26.2 Å². The standard InChI is InChI=1S/C56H46N2/c1-6-38-8-12-40(13-9-38)43-22-32-51(33-23-43)58-54-34-24-46(44-14-10-39(7-2)11-15-44)36-52(54)53-37-47(25-35-55(53)58)45-20-30-50(31-21-45)57-49-28-18-42(19-29-49)41-16-26-48(27-17-41)56(3,4)5/h6-37,57H,1-2H2,3-5H3. The van der Waals surface area contributed by atoms with Gasteiger partial charge in [0, 0.05) is 27.8 Å². The predicted octanol–water partition coefficient (Wildman–Crippen LogP) is 15.8. The van der Waals surface area contributed by atoms with Gasteiger partial charge in [-0.1, -0.05) is 167 Å². The zero-order chi connectivity index (χ0) is 39.8. The monoisotopic (exact) mass is 746 g/mol. The fraction of sp³-hybridized carbons (Fsp3) is 0.0714. The molecule has 9 aromatic rings. The Bertz CT molecular complexity index is 2900. The maximum Gasteiger partial charge on any atom is 0.0541 e. The third kappa shape index (κ3) is 7.17. The van der Waals surface area contributed by atoms with E-state index in [1.54, 1.807) is 0 Å². The highest BCUT2D eigenvalue weighted by Crippen LogP contribution is 2.38. The lowest BCUT2D eigenvalue weighted by molar-refractivity contribution is 0.590. The minimum atomic E-state index is 0.145. The minimum Gasteiger partial charge on any atom is -0.356 e. The van der Waals surface area contributed by atoms with Gasteiger partial charge in [0.25, 0.3) is 0 Å². The summed E-state index contributed by atoms with van der Waals surface area (Å²) in [5, 5.41) is 6.04. The molecule has 2 nitrogen and oxygen atoms in total. The van der Waals surface area contributed by atoms with Crippen LogP contribution >= 0.6 is 0 Å². The highest BCUT2D eigenvalue weighted by atomic mass is 15.0. The van der Waals surface area contributed by atoms with Gasteiger partial charge in [0.05, 0.1) is 11.0 Å². The minimum absolute atomic E-state index is 0.145. The Kier molecular flexibility index (Phi) is 9.47. The summed E-state index contributed by atoms with van der Waals surface area (Å²) in [6.45, 7) is 14.6. The molecule has 1 aromatic heterocycles. The molecule has 0 aliphatic heterocycles. The van der Waals surface area contributed by atoms with Crippen LogP contribution in [-0.2, 0) is 5.41 Å². The van der Waals surface area contributed by atoms with E-state index in [-0.39, 0.29) is 5.41 Å². The van der Waals surface area contributed by atoms with Gasteiger partial charge >= 0.3 is 0 Å². The number of benzene rings is 8. The van der Waals surface area contributed by atoms with Gasteiger partial charge in [0.1, 0.15) is 0 Å². The Morgan fingerprint density at radius 3 is 1.10 bits per heavy atom. The summed E-state index contributed by atoms with van der Waals surface area (Å²) in [5.74, 6) is 0. The highest BCUT2D eigenvalue weighted by Gasteiger charge is 2.16. The molecule has 280 valence electrons. The van der Waals surface area contributed by atoms with Crippen LogP contribution in [0.15, 0.2) is 195 Å². The van der Waals surface area contributed by atoms with Gasteiger partial charge < -0.3 is 9.88 Å². The number of aromatic nitrogens is 1. The van der Waals surface area contributed by atoms with Gasteiger partial charge in [-0.05, 0) is 127 Å². The molecule has 0 fully saturated rings. The lowest BCUT2D eigenvalue weighted by Crippen LogP contribution is -2.10. The normalized spacial score (nSPS) is 11.5. The van der Waals surface area contributed by atoms with Crippen LogP contribution in [0.2, 0.25) is 0 Å². The molecular formula is C56H46N2. The van der Waals surface area contributed by atoms with Crippen LogP contribution in [0.3, 0.4) is 0 Å². The molecule has 0 bridgehead atoms. The van der Waals surface area contributed by atoms with Crippen molar-refractivity contribution in [3.05, 3.63) is 212 Å². The first-order chi connectivity index (χ1) is 28.2. The molecule has 58 heavy (non-hydrogen) atoms. The Hall–Kier alpha value is -7.16. The first-order valence-electron chi connectivity index (χ1n) is 20.0. The summed E-state index contributed by atoms with van der Waals surface area (Å²) >= 11 is 0. The van der Waals surface area contributed by atoms with E-state index in [4.69, 9.17) is 0 Å². The molecule has 0 aliphatic rings. The average Bonchev–Trinajstić information content (AvgIpc) is 3.60. The highest BCUT2D eigenvalue weighted by molar-refractivity contribution is 6.11. The van der Waals surface area contributed by atoms with E-state index in [2.05, 4.69) is 226 Å². The van der Waals surface area contributed by atoms with Crippen LogP contribution in [0.1, 0.15) is 37.5 Å². The Morgan fingerprint density at radius 1 is 0.397 bits per heavy atom. The number of nitrogens with zero attached hydrogens (tertiary/aromatic N) is 1. The maximum atomic E-state index is 3.94. The van der Waals surface area contributed by atoms with Crippen LogP contribution in [0.25, 0.3) is 84.2 Å². The number of rotatable bonds is 9. The Balaban J connectivity index is 1.03. The van der Waals surface area contributed by atoms with Gasteiger partial charge in [0.2, 0.25) is 0 Å². The van der Waals surface area contributed by atoms with E-state index in [9.17, 15) is 0 Å². The van der Waals surface area contributed by atoms with Crippen LogP contribution in [0.5, 0.6) is 0 Å². The topological polar surface area (TPSA) is 17.0 Å². The maximum absolute atomic E-state index is 3.94. The zero-order valence-corrected chi connectivity index (χ0v) is 33.3. The summed E-state index contributed by atoms with van der Waals surface area (Å²) in [6, 6.07) is 66.1. The predicted molar refractivity (Wildman–Crippen MR) is 251 cm³/mol. The molecule has 0 aliphatic carbocycles. The summed E-state index contributed by atoms with van der Waals surface area (Å²) in [4.78, 5) is 0. The quantitative estimate of drug-likeness (QED) is 0.156. The molecule has 1 heterocycles. The fourth-order valence-electron chi connectivity index (χ4n) is 7.91. The molecular weight excluding hydrogens is 701 g/mol. The molecule has 8 aromatic carbocycles. The third-order valence-corrected chi connectivity index (χ3v) is 11.3. The smallest absolute Gasteiger partial charge is 0.0541 e. The van der Waals surface area contributed by atoms with Crippen LogP contribution in [0, 0.1) is 0 Å². The Morgan fingerprint density at radius 2 is 0.724 bits per heavy atom. The first-order valence-corrected chi connectivity index (χ1v) is 20.0. The van der Waals surface area contributed by atoms with Crippen molar-refractivity contribution in [1.82, 2.24) is 4.57 Å². The number of fused-ring (bicyclic) bond motifs is 3. The summed E-state index contributed by atoms with van der Waals surface area (Å²) in [7, 11) is 0. The molecule has 0 unspecified atom stereocenters. The van der Waals surface area contributed by atoms with Gasteiger partial charge in [-0.2, -0.15) is 0 Å². The van der Waals surface area contributed by atoms with E-state index in [1.807, 2.05) is 12.2 Å². The van der Waals surface area contributed by atoms with Gasteiger partial charge in [-0.15, -0.1) is 0 Å². The lowest BCUT2D eigenvalue weighted by Gasteiger charge is -2.19. The number of anilines is 2. The van der Waals surface area contributed by atoms with Crippen molar-refractivity contribution in [3.8, 4) is 50.2 Å². The SMILES string of the molecule is C=Cc1ccc(-c2ccc(-n3c4ccc(-c5ccc(C=C)cc5)cc4c4cc(-c5ccc(Nc6ccc(-c7ccc(C(C)(C)C)cc7)cc6)cc5)ccc43)cc2)cc1. The van der Waals surface area contributed by atoms with Crippen molar-refractivity contribution in [2.24, 2.45) is 0 Å². The van der Waals surface area contributed by atoms with E-state index in [1.165, 1.54) is 71.9 Å². The largest absolute Gasteiger partial charge is 0.356 e. The summed E-state index contributed by atoms with van der Waals surface area (Å²) in [5.41, 5.74) is 18.8. The lowest BCUT2D eigenvalue weighted by atomic mass is 9.86. The number of nitrogens with one attached hydrogen (secondary N) is 1. The number of hydrogen-bond donors (Lipinski definition) is 1. The molecule has 0 saturated heterocycles. The van der Waals surface area contributed by atoms with Crippen LogP contribution < -0.4 is 5.32 Å². The van der Waals surface area contributed by atoms with Crippen molar-refractivity contribution in [1.29, 1.82) is 0 Å². The van der Waals surface area contributed by atoms with Crippen molar-refractivity contribution < 1.29 is 0 Å². The second kappa shape index (κ2) is 15.1. The van der Waals surface area contributed by atoms with E-state index >= 15 is 0 Å². The molecule has 0 spiro atoms. The second-order valence-corrected chi connectivity index (χ2v) is 16.1. The van der Waals surface area contributed by atoms with Crippen LogP contribution in [-0.4, -0.2) is 4.57 Å². The van der Waals surface area contributed by atoms with Gasteiger partial charge in [-0.3, -0.25) is 0 Å². The molecule has 0 radical (unpaired) electrons. The average molecular weight is 747 g/mol. The van der Waals surface area contributed by atoms with Crippen molar-refractivity contribution in [3.63, 3.8) is 0 Å². The molecule has 0 atom stereocenters. The first kappa shape index (κ1) is 36.5. The van der Waals surface area contributed by atoms with Crippen molar-refractivity contribution in [2.75, 3.05) is 5.32 Å². The fourth-order valence-corrected chi connectivity index (χ4v) is 7.91. The van der Waals surface area contributed by atoms with Gasteiger partial charge in [-0.25, -0.2) is 0 Å². The van der Waals surface area contributed by atoms with E-state index in [0.717, 1.165) is 28.2 Å². The molecule has 0 saturated carbocycles. The molecule has 2 heteroatoms. The summed E-state index contributed by atoms with van der Waals surface area (Å²) in [6.07, 6.45) is 3.76. The van der Waals surface area contributed by atoms with Crippen LogP contribution in [0.4, 0.5) is 11.4 Å². The van der Waals surface area contributed by atoms with E-state index < -0.39 is 0 Å². The molecule has 9 rings (SSSR count). The van der Waals surface area contributed by atoms with E-state index in [0.29, 0.717) is 0 Å². The summed E-state index contributed by atoms with van der Waals surface area (Å²) < 4.78 is 2.39. The Labute approximate surface area is 342 Å². The number of hydrogen-bond acceptors (Lipinski definition) is 1. The molecule has 1 N–H and O–H groups in total. The third-order valence-electron chi connectivity index (χ3n) is 11.3.